The van der Waals surface area contributed by atoms with Crippen LogP contribution in [0.2, 0.25) is 0 Å². The number of hydrogen-bond donors (Lipinski definition) is 2. The Morgan fingerprint density at radius 2 is 2.04 bits per heavy atom. The Morgan fingerprint density at radius 1 is 1.29 bits per heavy atom. The lowest BCUT2D eigenvalue weighted by atomic mass is 10.0. The first kappa shape index (κ1) is 15.7. The molecule has 1 atom stereocenters. The lowest BCUT2D eigenvalue weighted by molar-refractivity contribution is -0.305. The number of carboxylic acid groups (broad SMARTS) is 1. The van der Waals surface area contributed by atoms with E-state index >= 15 is 0 Å². The van der Waals surface area contributed by atoms with E-state index in [0.717, 1.165) is 5.56 Å². The molecule has 124 valence electrons. The number of aromatic nitrogens is 3. The zero-order valence-electron chi connectivity index (χ0n) is 12.6. The Hall–Kier alpha value is -3.23. The molecule has 9 heteroatoms. The summed E-state index contributed by atoms with van der Waals surface area (Å²) < 4.78 is 1.53. The van der Waals surface area contributed by atoms with Gasteiger partial charge in [0.2, 0.25) is 17.8 Å². The Balaban J connectivity index is 1.81. The molecule has 0 saturated heterocycles. The van der Waals surface area contributed by atoms with Crippen LogP contribution in [0.1, 0.15) is 30.9 Å². The van der Waals surface area contributed by atoms with Gasteiger partial charge in [0, 0.05) is 12.4 Å². The number of rotatable bonds is 5. The number of nitrogens with zero attached hydrogens (tertiary/aromatic N) is 3. The summed E-state index contributed by atoms with van der Waals surface area (Å²) in [4.78, 5) is 38.0. The molecule has 0 aliphatic carbocycles. The lowest BCUT2D eigenvalue weighted by Gasteiger charge is -2.23. The molecule has 9 nitrogen and oxygen atoms in total. The number of nitrogens with one attached hydrogen (secondary N) is 2. The van der Waals surface area contributed by atoms with Crippen LogP contribution < -0.4 is 15.7 Å². The van der Waals surface area contributed by atoms with E-state index in [2.05, 4.69) is 20.7 Å². The van der Waals surface area contributed by atoms with E-state index in [9.17, 15) is 19.5 Å². The Morgan fingerprint density at radius 3 is 2.75 bits per heavy atom. The SMILES string of the molecule is O=C([O-])CCC(=O)Nc1nc2n(n1)[C@H](c1ccccc1)CC(=O)N2. The molecule has 0 radical (unpaired) electrons. The van der Waals surface area contributed by atoms with Gasteiger partial charge < -0.3 is 9.90 Å². The van der Waals surface area contributed by atoms with Crippen LogP contribution in [0.3, 0.4) is 0 Å². The van der Waals surface area contributed by atoms with Crippen molar-refractivity contribution in [3.8, 4) is 0 Å². The van der Waals surface area contributed by atoms with E-state index in [1.165, 1.54) is 4.68 Å². The van der Waals surface area contributed by atoms with Crippen LogP contribution in [0, 0.1) is 0 Å². The Bertz CT molecular complexity index is 786. The average molecular weight is 328 g/mol. The molecule has 24 heavy (non-hydrogen) atoms. The van der Waals surface area contributed by atoms with Gasteiger partial charge >= 0.3 is 0 Å². The second-order valence-corrected chi connectivity index (χ2v) is 5.30. The van der Waals surface area contributed by atoms with Crippen molar-refractivity contribution in [2.45, 2.75) is 25.3 Å². The van der Waals surface area contributed by atoms with Crippen molar-refractivity contribution >= 4 is 29.7 Å². The van der Waals surface area contributed by atoms with E-state index in [0.29, 0.717) is 0 Å². The second kappa shape index (κ2) is 6.49. The number of amides is 2. The standard InChI is InChI=1S/C15H15N5O4/c21-11(6-7-13(23)24)16-14-18-15-17-12(22)8-10(20(15)19-14)9-4-2-1-3-5-9/h1-5,10H,6-8H2,(H,23,24)(H2,16,17,18,19,21,22)/p-1/t10-/m0/s1. The molecule has 0 saturated carbocycles. The molecule has 1 aromatic carbocycles. The lowest BCUT2D eigenvalue weighted by Crippen LogP contribution is -2.29. The van der Waals surface area contributed by atoms with Crippen LogP contribution in [0.5, 0.6) is 0 Å². The van der Waals surface area contributed by atoms with Crippen LogP contribution in [0.4, 0.5) is 11.9 Å². The number of benzene rings is 1. The summed E-state index contributed by atoms with van der Waals surface area (Å²) in [7, 11) is 0. The van der Waals surface area contributed by atoms with Gasteiger partial charge in [-0.05, 0) is 12.0 Å². The molecule has 2 N–H and O–H groups in total. The van der Waals surface area contributed by atoms with Crippen molar-refractivity contribution in [1.29, 1.82) is 0 Å². The van der Waals surface area contributed by atoms with Crippen molar-refractivity contribution in [2.75, 3.05) is 10.6 Å². The van der Waals surface area contributed by atoms with E-state index < -0.39 is 11.9 Å². The smallest absolute Gasteiger partial charge is 0.250 e. The fourth-order valence-electron chi connectivity index (χ4n) is 2.45. The quantitative estimate of drug-likeness (QED) is 0.774. The molecule has 2 amide bonds. The molecule has 1 aromatic heterocycles. The van der Waals surface area contributed by atoms with Crippen LogP contribution in [-0.2, 0) is 14.4 Å². The largest absolute Gasteiger partial charge is 0.550 e. The highest BCUT2D eigenvalue weighted by Crippen LogP contribution is 2.29. The summed E-state index contributed by atoms with van der Waals surface area (Å²) in [5.41, 5.74) is 0.897. The summed E-state index contributed by atoms with van der Waals surface area (Å²) >= 11 is 0. The first-order chi connectivity index (χ1) is 11.5. The monoisotopic (exact) mass is 328 g/mol. The summed E-state index contributed by atoms with van der Waals surface area (Å²) in [6.45, 7) is 0. The normalized spacial score (nSPS) is 16.2. The predicted molar refractivity (Wildman–Crippen MR) is 80.7 cm³/mol. The number of carbonyl (C=O) groups excluding carboxylic acids is 3. The van der Waals surface area contributed by atoms with Gasteiger partial charge in [-0.15, -0.1) is 5.10 Å². The summed E-state index contributed by atoms with van der Waals surface area (Å²) in [6.07, 6.45) is -0.415. The fraction of sp³-hybridized carbons (Fsp3) is 0.267. The molecule has 1 aliphatic rings. The maximum atomic E-state index is 11.9. The van der Waals surface area contributed by atoms with E-state index in [-0.39, 0.29) is 43.1 Å². The van der Waals surface area contributed by atoms with E-state index in [1.807, 2.05) is 30.3 Å². The molecule has 0 unspecified atom stereocenters. The van der Waals surface area contributed by atoms with E-state index in [4.69, 9.17) is 0 Å². The minimum atomic E-state index is -1.31. The van der Waals surface area contributed by atoms with Gasteiger partial charge in [0.15, 0.2) is 0 Å². The highest BCUT2D eigenvalue weighted by Gasteiger charge is 2.29. The molecule has 0 bridgehead atoms. The zero-order chi connectivity index (χ0) is 17.1. The number of anilines is 2. The van der Waals surface area contributed by atoms with E-state index in [1.54, 1.807) is 0 Å². The van der Waals surface area contributed by atoms with Crippen molar-refractivity contribution in [3.63, 3.8) is 0 Å². The van der Waals surface area contributed by atoms with Gasteiger partial charge in [0.25, 0.3) is 5.95 Å². The topological polar surface area (TPSA) is 129 Å². The van der Waals surface area contributed by atoms with Gasteiger partial charge in [-0.3, -0.25) is 20.2 Å². The number of carbonyl (C=O) groups is 3. The number of fused-ring (bicyclic) bond motifs is 1. The summed E-state index contributed by atoms with van der Waals surface area (Å²) in [5.74, 6) is -1.80. The highest BCUT2D eigenvalue weighted by atomic mass is 16.4. The number of aliphatic carboxylic acids is 1. The minimum Gasteiger partial charge on any atom is -0.550 e. The Labute approximate surface area is 136 Å². The third-order valence-corrected chi connectivity index (χ3v) is 3.55. The first-order valence-corrected chi connectivity index (χ1v) is 7.34. The molecule has 3 rings (SSSR count). The van der Waals surface area contributed by atoms with Crippen molar-refractivity contribution in [3.05, 3.63) is 35.9 Å². The zero-order valence-corrected chi connectivity index (χ0v) is 12.6. The van der Waals surface area contributed by atoms with Crippen LogP contribution in [0.25, 0.3) is 0 Å². The van der Waals surface area contributed by atoms with Gasteiger partial charge in [-0.1, -0.05) is 30.3 Å². The van der Waals surface area contributed by atoms with Crippen LogP contribution >= 0.6 is 0 Å². The number of hydrogen-bond acceptors (Lipinski definition) is 6. The number of carboxylic acids is 1. The summed E-state index contributed by atoms with van der Waals surface area (Å²) in [6, 6.07) is 9.04. The fourth-order valence-corrected chi connectivity index (χ4v) is 2.45. The molecule has 0 fully saturated rings. The van der Waals surface area contributed by atoms with Crippen molar-refractivity contribution < 1.29 is 19.5 Å². The van der Waals surface area contributed by atoms with Gasteiger partial charge in [0.05, 0.1) is 12.5 Å². The van der Waals surface area contributed by atoms with Crippen molar-refractivity contribution in [2.24, 2.45) is 0 Å². The third-order valence-electron chi connectivity index (χ3n) is 3.55. The first-order valence-electron chi connectivity index (χ1n) is 7.34. The molecular formula is C15H14N5O4-. The van der Waals surface area contributed by atoms with Crippen molar-refractivity contribution in [1.82, 2.24) is 14.8 Å². The highest BCUT2D eigenvalue weighted by molar-refractivity contribution is 5.93. The second-order valence-electron chi connectivity index (χ2n) is 5.30. The average Bonchev–Trinajstić information content (AvgIpc) is 2.95. The third kappa shape index (κ3) is 3.40. The molecule has 0 spiro atoms. The maximum Gasteiger partial charge on any atom is 0.250 e. The molecule has 2 aromatic rings. The predicted octanol–water partition coefficient (Wildman–Crippen LogP) is -0.322. The van der Waals surface area contributed by atoms with Crippen LogP contribution in [0.15, 0.2) is 30.3 Å². The Kier molecular flexibility index (Phi) is 4.23. The maximum absolute atomic E-state index is 11.9. The minimum absolute atomic E-state index is 0.0106. The van der Waals surface area contributed by atoms with Gasteiger partial charge in [0.1, 0.15) is 0 Å². The molecule has 2 heterocycles. The van der Waals surface area contributed by atoms with Gasteiger partial charge in [-0.2, -0.15) is 4.98 Å². The molecule has 1 aliphatic heterocycles. The summed E-state index contributed by atoms with van der Waals surface area (Å²) in [5, 5.41) is 19.6. The molecular weight excluding hydrogens is 314 g/mol. The van der Waals surface area contributed by atoms with Gasteiger partial charge in [-0.25, -0.2) is 4.68 Å². The van der Waals surface area contributed by atoms with Crippen LogP contribution in [-0.4, -0.2) is 32.5 Å².